The van der Waals surface area contributed by atoms with E-state index in [1.165, 1.54) is 17.7 Å². The van der Waals surface area contributed by atoms with Gasteiger partial charge in [-0.25, -0.2) is 17.6 Å². The van der Waals surface area contributed by atoms with Crippen LogP contribution in [0.25, 0.3) is 22.8 Å². The average molecular weight is 405 g/mol. The second-order valence-electron chi connectivity index (χ2n) is 6.40. The smallest absolute Gasteiger partial charge is 0.169 e. The van der Waals surface area contributed by atoms with Crippen LogP contribution in [0.15, 0.2) is 60.7 Å². The number of halogens is 5. The molecule has 0 N–H and O–H groups in total. The Morgan fingerprint density at radius 2 is 1.46 bits per heavy atom. The van der Waals surface area contributed by atoms with Gasteiger partial charge in [0.25, 0.3) is 0 Å². The zero-order valence-electron chi connectivity index (χ0n) is 15.1. The molecule has 0 nitrogen and oxygen atoms in total. The van der Waals surface area contributed by atoms with Gasteiger partial charge in [0.1, 0.15) is 11.6 Å². The maximum Gasteiger partial charge on any atom is 0.169 e. The summed E-state index contributed by atoms with van der Waals surface area (Å²) in [7, 11) is 0. The minimum absolute atomic E-state index is 0.211. The van der Waals surface area contributed by atoms with Gasteiger partial charge < -0.3 is 0 Å². The molecular formula is C23H17ClF4. The first-order valence-corrected chi connectivity index (χ1v) is 9.18. The van der Waals surface area contributed by atoms with E-state index in [0.29, 0.717) is 5.56 Å². The van der Waals surface area contributed by atoms with Crippen LogP contribution in [0.4, 0.5) is 17.6 Å². The Balaban J connectivity index is 1.93. The topological polar surface area (TPSA) is 0 Å². The molecule has 5 heteroatoms. The molecule has 0 unspecified atom stereocenters. The summed E-state index contributed by atoms with van der Waals surface area (Å²) in [4.78, 5) is 0. The van der Waals surface area contributed by atoms with E-state index in [1.54, 1.807) is 0 Å². The Bertz CT molecular complexity index is 1020. The number of aryl methyl sites for hydroxylation is 1. The summed E-state index contributed by atoms with van der Waals surface area (Å²) < 4.78 is 56.8. The van der Waals surface area contributed by atoms with Crippen molar-refractivity contribution in [3.05, 3.63) is 94.0 Å². The second kappa shape index (κ2) is 8.61. The molecular weight excluding hydrogens is 388 g/mol. The fourth-order valence-corrected chi connectivity index (χ4v) is 3.02. The molecule has 0 aliphatic rings. The molecule has 3 aromatic rings. The predicted octanol–water partition coefficient (Wildman–Crippen LogP) is 8.00. The fraction of sp³-hybridized carbons (Fsp3) is 0.130. The van der Waals surface area contributed by atoms with Crippen LogP contribution in [-0.4, -0.2) is 0 Å². The van der Waals surface area contributed by atoms with E-state index in [0.717, 1.165) is 42.7 Å². The third-order valence-corrected chi connectivity index (χ3v) is 4.70. The van der Waals surface area contributed by atoms with Crippen molar-refractivity contribution in [2.45, 2.75) is 19.8 Å². The minimum Gasteiger partial charge on any atom is -0.206 e. The molecule has 144 valence electrons. The van der Waals surface area contributed by atoms with E-state index in [2.05, 4.69) is 6.92 Å². The van der Waals surface area contributed by atoms with Gasteiger partial charge in [0.2, 0.25) is 0 Å². The van der Waals surface area contributed by atoms with Crippen LogP contribution in [0.5, 0.6) is 0 Å². The summed E-state index contributed by atoms with van der Waals surface area (Å²) in [6.07, 6.45) is 1.98. The van der Waals surface area contributed by atoms with Crippen molar-refractivity contribution >= 4 is 23.3 Å². The average Bonchev–Trinajstić information content (AvgIpc) is 2.70. The summed E-state index contributed by atoms with van der Waals surface area (Å²) >= 11 is 5.54. The van der Waals surface area contributed by atoms with Crippen molar-refractivity contribution in [1.82, 2.24) is 0 Å². The lowest BCUT2D eigenvalue weighted by atomic mass is 10.00. The van der Waals surface area contributed by atoms with E-state index in [-0.39, 0.29) is 10.6 Å². The fourth-order valence-electron chi connectivity index (χ4n) is 2.90. The van der Waals surface area contributed by atoms with Crippen molar-refractivity contribution in [3.8, 4) is 11.1 Å². The van der Waals surface area contributed by atoms with Gasteiger partial charge in [-0.3, -0.25) is 0 Å². The highest BCUT2D eigenvalue weighted by molar-refractivity contribution is 6.30. The van der Waals surface area contributed by atoms with Gasteiger partial charge in [0.15, 0.2) is 11.7 Å². The molecule has 28 heavy (non-hydrogen) atoms. The van der Waals surface area contributed by atoms with Crippen molar-refractivity contribution in [2.75, 3.05) is 0 Å². The van der Waals surface area contributed by atoms with Gasteiger partial charge in [-0.15, -0.1) is 0 Å². The Labute approximate surface area is 166 Å². The van der Waals surface area contributed by atoms with Crippen molar-refractivity contribution in [1.29, 1.82) is 0 Å². The van der Waals surface area contributed by atoms with E-state index < -0.39 is 28.9 Å². The van der Waals surface area contributed by atoms with Crippen molar-refractivity contribution < 1.29 is 17.6 Å². The first kappa shape index (κ1) is 20.2. The highest BCUT2D eigenvalue weighted by atomic mass is 35.5. The van der Waals surface area contributed by atoms with Gasteiger partial charge in [-0.1, -0.05) is 61.3 Å². The largest absolute Gasteiger partial charge is 0.206 e. The lowest BCUT2D eigenvalue weighted by Crippen LogP contribution is -1.92. The first-order valence-electron chi connectivity index (χ1n) is 8.80. The molecule has 3 aromatic carbocycles. The predicted molar refractivity (Wildman–Crippen MR) is 106 cm³/mol. The van der Waals surface area contributed by atoms with Gasteiger partial charge in [0, 0.05) is 11.1 Å². The molecule has 0 spiro atoms. The van der Waals surface area contributed by atoms with Gasteiger partial charge >= 0.3 is 0 Å². The standard InChI is InChI=1S/C23H17ClF4/c1-2-3-14-4-6-15(7-5-14)16-8-10-18(20(25)12-16)23(28)22(27)17-9-11-19(24)21(26)13-17/h4-13H,2-3H2,1H3. The van der Waals surface area contributed by atoms with Crippen LogP contribution in [0.1, 0.15) is 30.0 Å². The van der Waals surface area contributed by atoms with Crippen LogP contribution in [0.3, 0.4) is 0 Å². The van der Waals surface area contributed by atoms with Crippen LogP contribution < -0.4 is 0 Å². The third kappa shape index (κ3) is 4.28. The Morgan fingerprint density at radius 3 is 2.07 bits per heavy atom. The summed E-state index contributed by atoms with van der Waals surface area (Å²) in [5.41, 5.74) is 1.62. The molecule has 0 aliphatic heterocycles. The summed E-state index contributed by atoms with van der Waals surface area (Å²) in [5.74, 6) is -4.54. The molecule has 0 bridgehead atoms. The maximum atomic E-state index is 14.5. The highest BCUT2D eigenvalue weighted by Crippen LogP contribution is 2.33. The summed E-state index contributed by atoms with van der Waals surface area (Å²) in [6.45, 7) is 2.08. The van der Waals surface area contributed by atoms with Gasteiger partial charge in [0.05, 0.1) is 5.02 Å². The SMILES string of the molecule is CCCc1ccc(-c2ccc(C(F)=C(F)c3ccc(Cl)c(F)c3)c(F)c2)cc1. The third-order valence-electron chi connectivity index (χ3n) is 4.40. The van der Waals surface area contributed by atoms with Crippen molar-refractivity contribution in [2.24, 2.45) is 0 Å². The molecule has 3 rings (SSSR count). The Hall–Kier alpha value is -2.59. The summed E-state index contributed by atoms with van der Waals surface area (Å²) in [6, 6.07) is 14.5. The van der Waals surface area contributed by atoms with E-state index in [9.17, 15) is 17.6 Å². The molecule has 0 atom stereocenters. The second-order valence-corrected chi connectivity index (χ2v) is 6.81. The van der Waals surface area contributed by atoms with Gasteiger partial charge in [-0.2, -0.15) is 0 Å². The highest BCUT2D eigenvalue weighted by Gasteiger charge is 2.17. The molecule has 0 amide bonds. The normalized spacial score (nSPS) is 12.1. The van der Waals surface area contributed by atoms with Crippen LogP contribution in [0.2, 0.25) is 5.02 Å². The number of rotatable bonds is 5. The molecule has 0 fully saturated rings. The quantitative estimate of drug-likeness (QED) is 0.298. The summed E-state index contributed by atoms with van der Waals surface area (Å²) in [5, 5.41) is -0.211. The zero-order chi connectivity index (χ0) is 20.3. The first-order chi connectivity index (χ1) is 13.4. The Morgan fingerprint density at radius 1 is 0.786 bits per heavy atom. The maximum absolute atomic E-state index is 14.5. The minimum atomic E-state index is -1.40. The molecule has 0 saturated heterocycles. The van der Waals surface area contributed by atoms with E-state index in [1.807, 2.05) is 24.3 Å². The number of hydrogen-bond donors (Lipinski definition) is 0. The van der Waals surface area contributed by atoms with E-state index >= 15 is 0 Å². The van der Waals surface area contributed by atoms with Crippen LogP contribution >= 0.6 is 11.6 Å². The lowest BCUT2D eigenvalue weighted by Gasteiger charge is -2.08. The number of benzene rings is 3. The van der Waals surface area contributed by atoms with Gasteiger partial charge in [-0.05, 0) is 47.4 Å². The lowest BCUT2D eigenvalue weighted by molar-refractivity contribution is 0.611. The van der Waals surface area contributed by atoms with Crippen LogP contribution in [-0.2, 0) is 6.42 Å². The molecule has 0 radical (unpaired) electrons. The Kier molecular flexibility index (Phi) is 6.20. The zero-order valence-corrected chi connectivity index (χ0v) is 15.8. The monoisotopic (exact) mass is 404 g/mol. The molecule has 0 heterocycles. The van der Waals surface area contributed by atoms with E-state index in [4.69, 9.17) is 11.6 Å². The molecule has 0 aliphatic carbocycles. The number of hydrogen-bond acceptors (Lipinski definition) is 0. The van der Waals surface area contributed by atoms with Crippen LogP contribution in [0, 0.1) is 11.6 Å². The van der Waals surface area contributed by atoms with Crippen molar-refractivity contribution in [3.63, 3.8) is 0 Å². The molecule has 0 aromatic heterocycles. The molecule has 0 saturated carbocycles.